The Morgan fingerprint density at radius 1 is 1.10 bits per heavy atom. The van der Waals surface area contributed by atoms with Gasteiger partial charge in [0.2, 0.25) is 0 Å². The molecule has 1 aromatic carbocycles. The Balaban J connectivity index is 0.00000128. The quantitative estimate of drug-likeness (QED) is 0.711. The van der Waals surface area contributed by atoms with Gasteiger partial charge in [0, 0.05) is 39.1 Å². The predicted octanol–water partition coefficient (Wildman–Crippen LogP) is 2.87. The number of piperidine rings is 1. The lowest BCUT2D eigenvalue weighted by Gasteiger charge is -2.29. The van der Waals surface area contributed by atoms with Crippen LogP contribution in [-0.4, -0.2) is 67.8 Å². The van der Waals surface area contributed by atoms with Crippen LogP contribution < -0.4 is 10.2 Å². The number of cyclic esters (lactones) is 1. The Morgan fingerprint density at radius 2 is 1.90 bits per heavy atom. The first kappa shape index (κ1) is 23.1. The van der Waals surface area contributed by atoms with Gasteiger partial charge in [-0.05, 0) is 44.5 Å². The molecule has 7 nitrogen and oxygen atoms in total. The summed E-state index contributed by atoms with van der Waals surface area (Å²) in [7, 11) is 0. The molecule has 2 aromatic rings. The minimum atomic E-state index is -0.230. The van der Waals surface area contributed by atoms with Crippen molar-refractivity contribution in [1.82, 2.24) is 15.2 Å². The van der Waals surface area contributed by atoms with E-state index in [1.54, 1.807) is 0 Å². The van der Waals surface area contributed by atoms with Crippen molar-refractivity contribution in [3.05, 3.63) is 24.3 Å². The van der Waals surface area contributed by atoms with Gasteiger partial charge in [-0.3, -0.25) is 9.69 Å². The predicted molar refractivity (Wildman–Crippen MR) is 121 cm³/mol. The van der Waals surface area contributed by atoms with Gasteiger partial charge in [-0.1, -0.05) is 12.1 Å². The number of anilines is 1. The molecule has 3 fully saturated rings. The summed E-state index contributed by atoms with van der Waals surface area (Å²) in [5.41, 5.74) is 1.51. The number of oxazole rings is 1. The van der Waals surface area contributed by atoms with Crippen molar-refractivity contribution in [2.75, 3.05) is 50.7 Å². The van der Waals surface area contributed by atoms with Crippen molar-refractivity contribution in [2.45, 2.75) is 31.8 Å². The second-order valence-corrected chi connectivity index (χ2v) is 8.37. The fourth-order valence-electron chi connectivity index (χ4n) is 4.88. The standard InChI is InChI=1S/C21H28N4O3.2ClH/c26-19-21(6-8-22-9-7-21)14-16(27-19)15-24-10-3-11-25(13-12-24)20-23-17-4-1-2-5-18(17)28-20;;/h1-2,4-5,16,22H,3,6-15H2;2*1H. The largest absolute Gasteiger partial charge is 0.461 e. The Morgan fingerprint density at radius 3 is 2.70 bits per heavy atom. The molecule has 3 aliphatic heterocycles. The summed E-state index contributed by atoms with van der Waals surface area (Å²) in [5.74, 6) is 0.0296. The van der Waals surface area contributed by atoms with Crippen molar-refractivity contribution in [3.63, 3.8) is 0 Å². The first-order chi connectivity index (χ1) is 13.7. The third kappa shape index (κ3) is 4.54. The molecule has 1 aromatic heterocycles. The van der Waals surface area contributed by atoms with Crippen LogP contribution in [0.15, 0.2) is 28.7 Å². The monoisotopic (exact) mass is 456 g/mol. The number of hydrogen-bond acceptors (Lipinski definition) is 7. The van der Waals surface area contributed by atoms with E-state index in [1.165, 1.54) is 0 Å². The number of hydrogen-bond donors (Lipinski definition) is 1. The smallest absolute Gasteiger partial charge is 0.312 e. The molecule has 5 rings (SSSR count). The van der Waals surface area contributed by atoms with E-state index in [2.05, 4.69) is 20.1 Å². The van der Waals surface area contributed by atoms with Gasteiger partial charge >= 0.3 is 5.97 Å². The minimum Gasteiger partial charge on any atom is -0.461 e. The van der Waals surface area contributed by atoms with Crippen LogP contribution in [0.3, 0.4) is 0 Å². The number of benzene rings is 1. The summed E-state index contributed by atoms with van der Waals surface area (Å²) in [4.78, 5) is 21.8. The number of para-hydroxylation sites is 2. The molecule has 0 saturated carbocycles. The van der Waals surface area contributed by atoms with Crippen LogP contribution in [0.2, 0.25) is 0 Å². The van der Waals surface area contributed by atoms with Crippen LogP contribution in [0.5, 0.6) is 0 Å². The Bertz CT molecular complexity index is 823. The Labute approximate surface area is 189 Å². The number of nitrogens with one attached hydrogen (secondary N) is 1. The fraction of sp³-hybridized carbons (Fsp3) is 0.619. The lowest BCUT2D eigenvalue weighted by Crippen LogP contribution is -2.40. The molecule has 1 unspecified atom stereocenters. The highest BCUT2D eigenvalue weighted by Crippen LogP contribution is 2.41. The number of fused-ring (bicyclic) bond motifs is 1. The third-order valence-corrected chi connectivity index (χ3v) is 6.49. The van der Waals surface area contributed by atoms with Crippen molar-refractivity contribution in [1.29, 1.82) is 0 Å². The van der Waals surface area contributed by atoms with E-state index < -0.39 is 0 Å². The lowest BCUT2D eigenvalue weighted by molar-refractivity contribution is -0.150. The molecule has 4 heterocycles. The number of carbonyl (C=O) groups is 1. The molecule has 1 N–H and O–H groups in total. The number of rotatable bonds is 3. The summed E-state index contributed by atoms with van der Waals surface area (Å²) >= 11 is 0. The zero-order chi connectivity index (χ0) is 19.0. The van der Waals surface area contributed by atoms with Gasteiger partial charge in [-0.15, -0.1) is 24.8 Å². The molecule has 0 bridgehead atoms. The molecule has 9 heteroatoms. The zero-order valence-corrected chi connectivity index (χ0v) is 18.7. The van der Waals surface area contributed by atoms with Crippen molar-refractivity contribution in [3.8, 4) is 0 Å². The second-order valence-electron chi connectivity index (χ2n) is 8.37. The Kier molecular flexibility index (Phi) is 7.50. The van der Waals surface area contributed by atoms with Crippen LogP contribution in [0, 0.1) is 5.41 Å². The molecule has 3 saturated heterocycles. The van der Waals surface area contributed by atoms with Crippen LogP contribution in [-0.2, 0) is 9.53 Å². The van der Waals surface area contributed by atoms with Crippen molar-refractivity contribution >= 4 is 47.9 Å². The van der Waals surface area contributed by atoms with E-state index in [9.17, 15) is 4.79 Å². The molecule has 0 amide bonds. The summed E-state index contributed by atoms with van der Waals surface area (Å²) < 4.78 is 11.7. The molecule has 1 spiro atoms. The summed E-state index contributed by atoms with van der Waals surface area (Å²) in [6.07, 6.45) is 3.77. The molecular weight excluding hydrogens is 427 g/mol. The first-order valence-electron chi connectivity index (χ1n) is 10.5. The molecule has 30 heavy (non-hydrogen) atoms. The number of ether oxygens (including phenoxy) is 1. The van der Waals surface area contributed by atoms with Gasteiger partial charge < -0.3 is 19.4 Å². The normalized spacial score (nSPS) is 24.2. The molecule has 1 atom stereocenters. The summed E-state index contributed by atoms with van der Waals surface area (Å²) in [6.45, 7) is 6.44. The number of nitrogens with zero attached hydrogens (tertiary/aromatic N) is 3. The minimum absolute atomic E-state index is 0. The maximum atomic E-state index is 12.5. The van der Waals surface area contributed by atoms with Gasteiger partial charge in [0.25, 0.3) is 6.01 Å². The number of aromatic nitrogens is 1. The SMILES string of the molecule is Cl.Cl.O=C1OC(CN2CCCN(c3nc4ccccc4o3)CC2)CC12CCNCC2. The average Bonchev–Trinajstić information content (AvgIpc) is 3.16. The third-order valence-electron chi connectivity index (χ3n) is 6.49. The van der Waals surface area contributed by atoms with E-state index >= 15 is 0 Å². The first-order valence-corrected chi connectivity index (χ1v) is 10.5. The molecule has 3 aliphatic rings. The number of halogens is 2. The highest BCUT2D eigenvalue weighted by Gasteiger charge is 2.49. The van der Waals surface area contributed by atoms with E-state index in [4.69, 9.17) is 9.15 Å². The molecule has 166 valence electrons. The van der Waals surface area contributed by atoms with Crippen LogP contribution >= 0.6 is 24.8 Å². The van der Waals surface area contributed by atoms with E-state index in [0.29, 0.717) is 6.01 Å². The highest BCUT2D eigenvalue weighted by atomic mass is 35.5. The average molecular weight is 457 g/mol. The van der Waals surface area contributed by atoms with E-state index in [0.717, 1.165) is 82.6 Å². The van der Waals surface area contributed by atoms with Crippen molar-refractivity contribution in [2.24, 2.45) is 5.41 Å². The molecular formula is C21H30Cl2N4O3. The van der Waals surface area contributed by atoms with Gasteiger partial charge in [-0.25, -0.2) is 0 Å². The van der Waals surface area contributed by atoms with Gasteiger partial charge in [0.1, 0.15) is 11.6 Å². The van der Waals surface area contributed by atoms with Crippen LogP contribution in [0.4, 0.5) is 6.01 Å². The lowest BCUT2D eigenvalue weighted by atomic mass is 9.76. The molecule has 0 aliphatic carbocycles. The zero-order valence-electron chi connectivity index (χ0n) is 17.0. The number of esters is 1. The Hall–Kier alpha value is -1.54. The fourth-order valence-corrected chi connectivity index (χ4v) is 4.88. The van der Waals surface area contributed by atoms with Crippen LogP contribution in [0.25, 0.3) is 11.1 Å². The van der Waals surface area contributed by atoms with E-state index in [-0.39, 0.29) is 42.3 Å². The second kappa shape index (κ2) is 9.73. The molecule has 0 radical (unpaired) electrons. The highest BCUT2D eigenvalue weighted by molar-refractivity contribution is 5.85. The van der Waals surface area contributed by atoms with E-state index in [1.807, 2.05) is 24.3 Å². The summed E-state index contributed by atoms with van der Waals surface area (Å²) in [6, 6.07) is 8.61. The van der Waals surface area contributed by atoms with Crippen LogP contribution in [0.1, 0.15) is 25.7 Å². The van der Waals surface area contributed by atoms with Gasteiger partial charge in [-0.2, -0.15) is 4.98 Å². The maximum Gasteiger partial charge on any atom is 0.312 e. The maximum absolute atomic E-state index is 12.5. The number of carbonyl (C=O) groups excluding carboxylic acids is 1. The van der Waals surface area contributed by atoms with Crippen molar-refractivity contribution < 1.29 is 13.9 Å². The topological polar surface area (TPSA) is 70.8 Å². The summed E-state index contributed by atoms with van der Waals surface area (Å²) in [5, 5.41) is 3.35. The van der Waals surface area contributed by atoms with Gasteiger partial charge in [0.05, 0.1) is 5.41 Å². The van der Waals surface area contributed by atoms with Gasteiger partial charge in [0.15, 0.2) is 5.58 Å².